The standard InChI is InChI=1S/C17H36.C8H17FO3S.C8H20N/c1-3-5-7-9-11-13-15-17-16-14-12-10-8-6-4-2;1-2-3-4-5-6-7-8(9)13(10,11)12;1-5-9(6-2,7-3)8-4/h3-17H2,1-2H3;8H,2-7H2,1H3,(H,10,11,12);5-8H2,1-4H3/q;;+1/p-1. The molecule has 0 spiro atoms. The maximum atomic E-state index is 12.5. The van der Waals surface area contributed by atoms with Crippen molar-refractivity contribution in [3.63, 3.8) is 0 Å². The quantitative estimate of drug-likeness (QED) is 0.0612. The van der Waals surface area contributed by atoms with Crippen molar-refractivity contribution in [1.29, 1.82) is 0 Å². The average molecular weight is 582 g/mol. The summed E-state index contributed by atoms with van der Waals surface area (Å²) in [5, 5.41) is 0. The Labute approximate surface area is 246 Å². The Morgan fingerprint density at radius 3 is 0.897 bits per heavy atom. The van der Waals surface area contributed by atoms with Crippen LogP contribution in [0.3, 0.4) is 0 Å². The van der Waals surface area contributed by atoms with E-state index >= 15 is 0 Å². The van der Waals surface area contributed by atoms with Gasteiger partial charge in [-0.1, -0.05) is 143 Å². The second-order valence-corrected chi connectivity index (χ2v) is 12.8. The molecule has 0 aromatic rings. The van der Waals surface area contributed by atoms with Crippen molar-refractivity contribution < 1.29 is 21.8 Å². The normalized spacial score (nSPS) is 12.3. The molecule has 0 aromatic heterocycles. The summed E-state index contributed by atoms with van der Waals surface area (Å²) in [6.07, 6.45) is 26.2. The zero-order valence-corrected chi connectivity index (χ0v) is 28.5. The van der Waals surface area contributed by atoms with E-state index in [0.29, 0.717) is 6.42 Å². The van der Waals surface area contributed by atoms with Crippen molar-refractivity contribution in [2.24, 2.45) is 0 Å². The highest BCUT2D eigenvalue weighted by atomic mass is 32.2. The third-order valence-corrected chi connectivity index (χ3v) is 9.10. The Morgan fingerprint density at radius 2 is 0.718 bits per heavy atom. The van der Waals surface area contributed by atoms with E-state index in [-0.39, 0.29) is 6.42 Å². The molecule has 1 atom stereocenters. The predicted octanol–water partition coefficient (Wildman–Crippen LogP) is 10.9. The van der Waals surface area contributed by atoms with E-state index in [4.69, 9.17) is 0 Å². The van der Waals surface area contributed by atoms with Gasteiger partial charge in [-0.25, -0.2) is 12.8 Å². The first-order valence-electron chi connectivity index (χ1n) is 17.1. The largest absolute Gasteiger partial charge is 0.746 e. The van der Waals surface area contributed by atoms with E-state index in [0.717, 1.165) is 25.7 Å². The molecule has 0 radical (unpaired) electrons. The molecule has 4 nitrogen and oxygen atoms in total. The van der Waals surface area contributed by atoms with Crippen LogP contribution < -0.4 is 0 Å². The van der Waals surface area contributed by atoms with Crippen molar-refractivity contribution in [3.05, 3.63) is 0 Å². The first kappa shape index (κ1) is 43.3. The molecule has 240 valence electrons. The van der Waals surface area contributed by atoms with Gasteiger partial charge in [0.2, 0.25) is 0 Å². The SMILES string of the molecule is CCCCCCCC(F)S(=O)(=O)[O-].CCCCCCCCCCCCCCCCC.CC[N+](CC)(CC)CC. The average Bonchev–Trinajstić information content (AvgIpc) is 2.93. The van der Waals surface area contributed by atoms with Gasteiger partial charge in [-0.2, -0.15) is 0 Å². The van der Waals surface area contributed by atoms with E-state index in [2.05, 4.69) is 48.5 Å². The van der Waals surface area contributed by atoms with E-state index in [9.17, 15) is 17.4 Å². The van der Waals surface area contributed by atoms with Crippen LogP contribution in [0.2, 0.25) is 0 Å². The van der Waals surface area contributed by atoms with Crippen molar-refractivity contribution in [1.82, 2.24) is 0 Å². The molecule has 0 saturated heterocycles. The minimum absolute atomic E-state index is 0.157. The summed E-state index contributed by atoms with van der Waals surface area (Å²) in [6.45, 7) is 20.9. The van der Waals surface area contributed by atoms with Crippen LogP contribution in [0.1, 0.15) is 183 Å². The van der Waals surface area contributed by atoms with E-state index in [1.54, 1.807) is 0 Å². The summed E-state index contributed by atoms with van der Waals surface area (Å²) in [6, 6.07) is 0. The number of nitrogens with zero attached hydrogens (tertiary/aromatic N) is 1. The fraction of sp³-hybridized carbons (Fsp3) is 1.00. The molecule has 0 amide bonds. The zero-order chi connectivity index (χ0) is 30.3. The highest BCUT2D eigenvalue weighted by molar-refractivity contribution is 7.86. The summed E-state index contributed by atoms with van der Waals surface area (Å²) >= 11 is 0. The predicted molar refractivity (Wildman–Crippen MR) is 171 cm³/mol. The van der Waals surface area contributed by atoms with Crippen LogP contribution in [0.4, 0.5) is 4.39 Å². The summed E-state index contributed by atoms with van der Waals surface area (Å²) in [5.41, 5.74) is -2.21. The minimum atomic E-state index is -4.71. The number of alkyl halides is 1. The molecule has 0 aliphatic heterocycles. The third-order valence-electron chi connectivity index (χ3n) is 8.24. The maximum absolute atomic E-state index is 12.5. The van der Waals surface area contributed by atoms with Crippen LogP contribution in [0.25, 0.3) is 0 Å². The molecule has 0 aliphatic carbocycles. The topological polar surface area (TPSA) is 57.2 Å². The van der Waals surface area contributed by atoms with Crippen molar-refractivity contribution in [3.8, 4) is 0 Å². The van der Waals surface area contributed by atoms with Gasteiger partial charge in [0.15, 0.2) is 5.50 Å². The number of hydrogen-bond acceptors (Lipinski definition) is 3. The summed E-state index contributed by atoms with van der Waals surface area (Å²) < 4.78 is 44.2. The minimum Gasteiger partial charge on any atom is -0.746 e. The lowest BCUT2D eigenvalue weighted by Gasteiger charge is -2.34. The lowest BCUT2D eigenvalue weighted by atomic mass is 10.0. The zero-order valence-electron chi connectivity index (χ0n) is 27.7. The van der Waals surface area contributed by atoms with E-state index in [1.165, 1.54) is 127 Å². The first-order chi connectivity index (χ1) is 18.6. The molecular formula is C33H72FNO3S. The number of hydrogen-bond donors (Lipinski definition) is 0. The Balaban J connectivity index is -0.000000524. The smallest absolute Gasteiger partial charge is 0.189 e. The van der Waals surface area contributed by atoms with Gasteiger partial charge < -0.3 is 9.04 Å². The number of quaternary nitrogens is 1. The fourth-order valence-electron chi connectivity index (χ4n) is 4.84. The monoisotopic (exact) mass is 582 g/mol. The van der Waals surface area contributed by atoms with Crippen LogP contribution in [0, 0.1) is 0 Å². The van der Waals surface area contributed by atoms with Crippen LogP contribution in [0.5, 0.6) is 0 Å². The number of rotatable bonds is 25. The highest BCUT2D eigenvalue weighted by Gasteiger charge is 2.16. The molecule has 0 aliphatic rings. The molecule has 1 unspecified atom stereocenters. The highest BCUT2D eigenvalue weighted by Crippen LogP contribution is 2.14. The Bertz CT molecular complexity index is 522. The van der Waals surface area contributed by atoms with Crippen LogP contribution in [-0.4, -0.2) is 49.1 Å². The Hall–Kier alpha value is -0.200. The van der Waals surface area contributed by atoms with Crippen LogP contribution in [-0.2, 0) is 10.1 Å². The molecule has 0 saturated carbocycles. The molecule has 0 N–H and O–H groups in total. The van der Waals surface area contributed by atoms with Crippen molar-refractivity contribution >= 4 is 10.1 Å². The number of halogens is 1. The molecule has 39 heavy (non-hydrogen) atoms. The lowest BCUT2D eigenvalue weighted by Crippen LogP contribution is -2.47. The van der Waals surface area contributed by atoms with E-state index < -0.39 is 15.6 Å². The van der Waals surface area contributed by atoms with Gasteiger partial charge in [-0.15, -0.1) is 0 Å². The molecular weight excluding hydrogens is 509 g/mol. The van der Waals surface area contributed by atoms with Gasteiger partial charge in [-0.05, 0) is 40.5 Å². The Morgan fingerprint density at radius 1 is 0.487 bits per heavy atom. The van der Waals surface area contributed by atoms with Crippen LogP contribution in [0.15, 0.2) is 0 Å². The number of unbranched alkanes of at least 4 members (excludes halogenated alkanes) is 18. The molecule has 6 heteroatoms. The summed E-state index contributed by atoms with van der Waals surface area (Å²) in [7, 11) is -4.71. The van der Waals surface area contributed by atoms with Gasteiger partial charge >= 0.3 is 0 Å². The third kappa shape index (κ3) is 32.2. The van der Waals surface area contributed by atoms with Gasteiger partial charge in [0.1, 0.15) is 10.1 Å². The fourth-order valence-corrected chi connectivity index (χ4v) is 5.29. The van der Waals surface area contributed by atoms with E-state index in [1.807, 2.05) is 0 Å². The van der Waals surface area contributed by atoms with Gasteiger partial charge in [-0.3, -0.25) is 0 Å². The maximum Gasteiger partial charge on any atom is 0.189 e. The molecule has 0 rings (SSSR count). The molecule has 0 heterocycles. The second kappa shape index (κ2) is 32.3. The van der Waals surface area contributed by atoms with Crippen LogP contribution >= 0.6 is 0 Å². The molecule has 0 bridgehead atoms. The first-order valence-corrected chi connectivity index (χ1v) is 18.5. The summed E-state index contributed by atoms with van der Waals surface area (Å²) in [4.78, 5) is 0. The van der Waals surface area contributed by atoms with Gasteiger partial charge in [0, 0.05) is 0 Å². The van der Waals surface area contributed by atoms with Gasteiger partial charge in [0.25, 0.3) is 0 Å². The van der Waals surface area contributed by atoms with Gasteiger partial charge in [0.05, 0.1) is 26.2 Å². The second-order valence-electron chi connectivity index (χ2n) is 11.3. The molecule has 0 fully saturated rings. The summed E-state index contributed by atoms with van der Waals surface area (Å²) in [5.74, 6) is 0. The molecule has 0 aromatic carbocycles. The van der Waals surface area contributed by atoms with Crippen molar-refractivity contribution in [2.75, 3.05) is 26.2 Å². The lowest BCUT2D eigenvalue weighted by molar-refractivity contribution is -0.921. The Kier molecular flexibility index (Phi) is 35.8. The van der Waals surface area contributed by atoms with Crippen molar-refractivity contribution in [2.45, 2.75) is 189 Å².